The van der Waals surface area contributed by atoms with Crippen molar-refractivity contribution in [1.29, 1.82) is 0 Å². The average Bonchev–Trinajstić information content (AvgIpc) is 3.18. The molecule has 1 aromatic carbocycles. The van der Waals surface area contributed by atoms with Gasteiger partial charge in [-0.25, -0.2) is 9.59 Å². The summed E-state index contributed by atoms with van der Waals surface area (Å²) >= 11 is 0. The van der Waals surface area contributed by atoms with Gasteiger partial charge < -0.3 is 25.2 Å². The van der Waals surface area contributed by atoms with Gasteiger partial charge in [0.2, 0.25) is 0 Å². The number of piperidine rings is 1. The van der Waals surface area contributed by atoms with Gasteiger partial charge in [-0.05, 0) is 56.9 Å². The molecule has 0 bridgehead atoms. The van der Waals surface area contributed by atoms with Crippen molar-refractivity contribution in [2.75, 3.05) is 43.0 Å². The van der Waals surface area contributed by atoms with Crippen molar-refractivity contribution in [2.24, 2.45) is 0 Å². The molecule has 7 heteroatoms. The molecular formula is C19H28N4O3. The van der Waals surface area contributed by atoms with Gasteiger partial charge in [-0.2, -0.15) is 0 Å². The molecule has 0 radical (unpaired) electrons. The minimum Gasteiger partial charge on any atom is -0.450 e. The van der Waals surface area contributed by atoms with Crippen molar-refractivity contribution in [3.8, 4) is 0 Å². The van der Waals surface area contributed by atoms with Crippen LogP contribution in [0.15, 0.2) is 24.3 Å². The molecule has 2 aliphatic heterocycles. The van der Waals surface area contributed by atoms with E-state index in [9.17, 15) is 9.59 Å². The molecule has 0 spiro atoms. The second-order valence-corrected chi connectivity index (χ2v) is 6.80. The highest BCUT2D eigenvalue weighted by Gasteiger charge is 2.24. The Kier molecular flexibility index (Phi) is 6.20. The second kappa shape index (κ2) is 8.78. The lowest BCUT2D eigenvalue weighted by Crippen LogP contribution is -2.47. The quantitative estimate of drug-likeness (QED) is 0.866. The van der Waals surface area contributed by atoms with Crippen molar-refractivity contribution in [2.45, 2.75) is 38.6 Å². The summed E-state index contributed by atoms with van der Waals surface area (Å²) in [7, 11) is 0. The minimum atomic E-state index is -0.270. The minimum absolute atomic E-state index is 0.0737. The first-order valence-electron chi connectivity index (χ1n) is 9.50. The van der Waals surface area contributed by atoms with E-state index in [1.807, 2.05) is 12.1 Å². The van der Waals surface area contributed by atoms with E-state index in [0.29, 0.717) is 19.7 Å². The third kappa shape index (κ3) is 4.80. The van der Waals surface area contributed by atoms with E-state index in [1.54, 1.807) is 11.8 Å². The molecule has 2 heterocycles. The molecule has 2 N–H and O–H groups in total. The maximum Gasteiger partial charge on any atom is 0.409 e. The van der Waals surface area contributed by atoms with Gasteiger partial charge >= 0.3 is 12.1 Å². The fourth-order valence-electron chi connectivity index (χ4n) is 3.50. The Hall–Kier alpha value is -2.44. The number of carbonyl (C=O) groups excluding carboxylic acids is 2. The lowest BCUT2D eigenvalue weighted by Gasteiger charge is -2.31. The molecule has 3 rings (SSSR count). The number of hydrogen-bond acceptors (Lipinski definition) is 4. The van der Waals surface area contributed by atoms with Crippen molar-refractivity contribution < 1.29 is 14.3 Å². The normalized spacial score (nSPS) is 17.9. The number of anilines is 2. The zero-order valence-corrected chi connectivity index (χ0v) is 15.4. The molecule has 2 saturated heterocycles. The second-order valence-electron chi connectivity index (χ2n) is 6.80. The number of amides is 3. The molecule has 0 saturated carbocycles. The Labute approximate surface area is 154 Å². The lowest BCUT2D eigenvalue weighted by molar-refractivity contribution is 0.0959. The van der Waals surface area contributed by atoms with Crippen LogP contribution in [0.2, 0.25) is 0 Å². The van der Waals surface area contributed by atoms with Crippen LogP contribution in [0.25, 0.3) is 0 Å². The molecule has 0 aliphatic carbocycles. The van der Waals surface area contributed by atoms with Crippen LogP contribution in [0.4, 0.5) is 21.0 Å². The van der Waals surface area contributed by atoms with Gasteiger partial charge in [0, 0.05) is 43.6 Å². The van der Waals surface area contributed by atoms with Gasteiger partial charge in [-0.3, -0.25) is 0 Å². The van der Waals surface area contributed by atoms with Gasteiger partial charge in [0.25, 0.3) is 0 Å². The lowest BCUT2D eigenvalue weighted by atomic mass is 10.1. The van der Waals surface area contributed by atoms with E-state index >= 15 is 0 Å². The Balaban J connectivity index is 1.42. The van der Waals surface area contributed by atoms with Crippen LogP contribution in [0.5, 0.6) is 0 Å². The van der Waals surface area contributed by atoms with Crippen LogP contribution in [0.3, 0.4) is 0 Å². The summed E-state index contributed by atoms with van der Waals surface area (Å²) in [5.74, 6) is 0. The monoisotopic (exact) mass is 360 g/mol. The first-order chi connectivity index (χ1) is 12.7. The largest absolute Gasteiger partial charge is 0.450 e. The number of nitrogens with zero attached hydrogens (tertiary/aromatic N) is 2. The number of ether oxygens (including phenoxy) is 1. The summed E-state index contributed by atoms with van der Waals surface area (Å²) in [6.45, 7) is 5.61. The summed E-state index contributed by atoms with van der Waals surface area (Å²) in [5, 5.41) is 5.88. The smallest absolute Gasteiger partial charge is 0.409 e. The summed E-state index contributed by atoms with van der Waals surface area (Å²) in [6, 6.07) is 7.86. The van der Waals surface area contributed by atoms with Gasteiger partial charge in [0.15, 0.2) is 0 Å². The molecular weight excluding hydrogens is 332 g/mol. The molecule has 2 fully saturated rings. The van der Waals surface area contributed by atoms with Crippen LogP contribution in [0, 0.1) is 0 Å². The van der Waals surface area contributed by atoms with Crippen molar-refractivity contribution >= 4 is 23.5 Å². The Bertz CT molecular complexity index is 606. The predicted octanol–water partition coefficient (Wildman–Crippen LogP) is 3.03. The highest BCUT2D eigenvalue weighted by Crippen LogP contribution is 2.22. The maximum atomic E-state index is 12.2. The zero-order valence-electron chi connectivity index (χ0n) is 15.4. The molecule has 3 amide bonds. The Morgan fingerprint density at radius 1 is 1.08 bits per heavy atom. The zero-order chi connectivity index (χ0) is 18.4. The van der Waals surface area contributed by atoms with Crippen LogP contribution >= 0.6 is 0 Å². The fourth-order valence-corrected chi connectivity index (χ4v) is 3.50. The van der Waals surface area contributed by atoms with Crippen LogP contribution < -0.4 is 15.5 Å². The number of rotatable bonds is 4. The van der Waals surface area contributed by atoms with Crippen LogP contribution in [-0.4, -0.2) is 55.9 Å². The summed E-state index contributed by atoms with van der Waals surface area (Å²) in [4.78, 5) is 27.9. The topological polar surface area (TPSA) is 73.9 Å². The molecule has 0 atom stereocenters. The average molecular weight is 360 g/mol. The Morgan fingerprint density at radius 3 is 2.35 bits per heavy atom. The Morgan fingerprint density at radius 2 is 1.73 bits per heavy atom. The highest BCUT2D eigenvalue weighted by atomic mass is 16.6. The standard InChI is InChI=1S/C19H28N4O3/c1-2-26-19(25)23-13-9-16(10-14-23)21-18(24)20-15-5-7-17(8-6-15)22-11-3-4-12-22/h5-8,16H,2-4,9-14H2,1H3,(H2,20,21,24). The molecule has 0 unspecified atom stereocenters. The highest BCUT2D eigenvalue weighted by molar-refractivity contribution is 5.89. The van der Waals surface area contributed by atoms with Crippen LogP contribution in [0.1, 0.15) is 32.6 Å². The van der Waals surface area contributed by atoms with Gasteiger partial charge in [0.1, 0.15) is 0 Å². The van der Waals surface area contributed by atoms with Crippen molar-refractivity contribution in [1.82, 2.24) is 10.2 Å². The molecule has 1 aromatic rings. The van der Waals surface area contributed by atoms with E-state index in [2.05, 4.69) is 27.7 Å². The number of nitrogens with one attached hydrogen (secondary N) is 2. The fraction of sp³-hybridized carbons (Fsp3) is 0.579. The van der Waals surface area contributed by atoms with Crippen molar-refractivity contribution in [3.05, 3.63) is 24.3 Å². The van der Waals surface area contributed by atoms with E-state index in [0.717, 1.165) is 31.6 Å². The third-order valence-electron chi connectivity index (χ3n) is 4.95. The van der Waals surface area contributed by atoms with Crippen molar-refractivity contribution in [3.63, 3.8) is 0 Å². The first kappa shape index (κ1) is 18.4. The van der Waals surface area contributed by atoms with Crippen LogP contribution in [-0.2, 0) is 4.74 Å². The number of urea groups is 1. The molecule has 0 aromatic heterocycles. The SMILES string of the molecule is CCOC(=O)N1CCC(NC(=O)Nc2ccc(N3CCCC3)cc2)CC1. The molecule has 142 valence electrons. The van der Waals surface area contributed by atoms with E-state index in [1.165, 1.54) is 18.5 Å². The molecule has 7 nitrogen and oxygen atoms in total. The molecule has 2 aliphatic rings. The van der Waals surface area contributed by atoms with E-state index in [-0.39, 0.29) is 18.2 Å². The summed E-state index contributed by atoms with van der Waals surface area (Å²) < 4.78 is 5.01. The number of likely N-dealkylation sites (tertiary alicyclic amines) is 1. The predicted molar refractivity (Wildman–Crippen MR) is 102 cm³/mol. The third-order valence-corrected chi connectivity index (χ3v) is 4.95. The number of carbonyl (C=O) groups is 2. The van der Waals surface area contributed by atoms with E-state index < -0.39 is 0 Å². The maximum absolute atomic E-state index is 12.2. The number of hydrogen-bond donors (Lipinski definition) is 2. The summed E-state index contributed by atoms with van der Waals surface area (Å²) in [5.41, 5.74) is 1.99. The van der Waals surface area contributed by atoms with Gasteiger partial charge in [-0.15, -0.1) is 0 Å². The van der Waals surface area contributed by atoms with Gasteiger partial charge in [0.05, 0.1) is 6.61 Å². The summed E-state index contributed by atoms with van der Waals surface area (Å²) in [6.07, 6.45) is 3.70. The van der Waals surface area contributed by atoms with E-state index in [4.69, 9.17) is 4.74 Å². The molecule has 26 heavy (non-hydrogen) atoms. The first-order valence-corrected chi connectivity index (χ1v) is 9.50. The van der Waals surface area contributed by atoms with Gasteiger partial charge in [-0.1, -0.05) is 0 Å². The number of benzene rings is 1.